The van der Waals surface area contributed by atoms with Gasteiger partial charge in [-0.05, 0) is 35.7 Å². The Labute approximate surface area is 123 Å². The molecular formula is C12H16F3N3O2S. The molecule has 0 aromatic carbocycles. The summed E-state index contributed by atoms with van der Waals surface area (Å²) in [6, 6.07) is 1.18. The second-order valence-electron chi connectivity index (χ2n) is 4.46. The summed E-state index contributed by atoms with van der Waals surface area (Å²) in [5, 5.41) is 10.3. The van der Waals surface area contributed by atoms with Gasteiger partial charge in [0, 0.05) is 6.04 Å². The number of hydrogen-bond donors (Lipinski definition) is 3. The van der Waals surface area contributed by atoms with Crippen molar-refractivity contribution in [3.8, 4) is 0 Å². The SMILES string of the molecule is CC(Cc1ccsc1)NC(=O)NCC(=O)NCC(F)(F)F. The number of amides is 3. The van der Waals surface area contributed by atoms with Crippen molar-refractivity contribution in [3.63, 3.8) is 0 Å². The minimum Gasteiger partial charge on any atom is -0.345 e. The molecule has 1 rings (SSSR count). The highest BCUT2D eigenvalue weighted by molar-refractivity contribution is 7.07. The number of urea groups is 1. The number of halogens is 3. The van der Waals surface area contributed by atoms with Crippen LogP contribution in [0.1, 0.15) is 12.5 Å². The van der Waals surface area contributed by atoms with E-state index < -0.39 is 31.2 Å². The summed E-state index contributed by atoms with van der Waals surface area (Å²) < 4.78 is 35.6. The third kappa shape index (κ3) is 8.18. The lowest BCUT2D eigenvalue weighted by Gasteiger charge is -2.14. The van der Waals surface area contributed by atoms with Crippen molar-refractivity contribution in [1.29, 1.82) is 0 Å². The van der Waals surface area contributed by atoms with Crippen LogP contribution in [0, 0.1) is 0 Å². The van der Waals surface area contributed by atoms with E-state index in [1.807, 2.05) is 16.8 Å². The Bertz CT molecular complexity index is 463. The predicted octanol–water partition coefficient (Wildman–Crippen LogP) is 1.66. The van der Waals surface area contributed by atoms with Crippen LogP contribution in [0.3, 0.4) is 0 Å². The van der Waals surface area contributed by atoms with Crippen LogP contribution in [0.5, 0.6) is 0 Å². The molecule has 0 fully saturated rings. The Balaban J connectivity index is 2.20. The number of alkyl halides is 3. The van der Waals surface area contributed by atoms with Crippen molar-refractivity contribution in [3.05, 3.63) is 22.4 Å². The molecule has 0 saturated heterocycles. The monoisotopic (exact) mass is 323 g/mol. The largest absolute Gasteiger partial charge is 0.405 e. The zero-order valence-corrected chi connectivity index (χ0v) is 12.1. The standard InChI is InChI=1S/C12H16F3N3O2S/c1-8(4-9-2-3-21-6-9)18-11(20)16-5-10(19)17-7-12(13,14)15/h2-3,6,8H,4-5,7H2,1H3,(H,17,19)(H2,16,18,20). The van der Waals surface area contributed by atoms with E-state index in [0.29, 0.717) is 6.42 Å². The van der Waals surface area contributed by atoms with Crippen LogP contribution in [0.4, 0.5) is 18.0 Å². The van der Waals surface area contributed by atoms with Crippen molar-refractivity contribution in [2.45, 2.75) is 25.6 Å². The van der Waals surface area contributed by atoms with Gasteiger partial charge in [-0.2, -0.15) is 24.5 Å². The first-order valence-electron chi connectivity index (χ1n) is 6.15. The molecule has 118 valence electrons. The summed E-state index contributed by atoms with van der Waals surface area (Å²) in [6.45, 7) is -0.127. The second kappa shape index (κ2) is 7.87. The van der Waals surface area contributed by atoms with Crippen LogP contribution >= 0.6 is 11.3 Å². The normalized spacial score (nSPS) is 12.6. The number of rotatable bonds is 6. The first kappa shape index (κ1) is 17.3. The van der Waals surface area contributed by atoms with E-state index in [1.165, 1.54) is 0 Å². The van der Waals surface area contributed by atoms with E-state index >= 15 is 0 Å². The molecule has 3 N–H and O–H groups in total. The molecule has 0 bridgehead atoms. The van der Waals surface area contributed by atoms with Crippen molar-refractivity contribution < 1.29 is 22.8 Å². The van der Waals surface area contributed by atoms with Gasteiger partial charge in [0.2, 0.25) is 5.91 Å². The predicted molar refractivity (Wildman–Crippen MR) is 73.1 cm³/mol. The minimum atomic E-state index is -4.47. The maximum absolute atomic E-state index is 11.9. The molecule has 0 aliphatic rings. The topological polar surface area (TPSA) is 70.2 Å². The molecule has 0 saturated carbocycles. The second-order valence-corrected chi connectivity index (χ2v) is 5.24. The van der Waals surface area contributed by atoms with Gasteiger partial charge in [-0.15, -0.1) is 0 Å². The van der Waals surface area contributed by atoms with Gasteiger partial charge in [-0.25, -0.2) is 4.79 Å². The van der Waals surface area contributed by atoms with Crippen molar-refractivity contribution in [2.75, 3.05) is 13.1 Å². The molecule has 0 aliphatic carbocycles. The molecule has 0 spiro atoms. The Morgan fingerprint density at radius 1 is 1.33 bits per heavy atom. The molecule has 1 heterocycles. The summed E-state index contributed by atoms with van der Waals surface area (Å²) in [6.07, 6.45) is -3.83. The minimum absolute atomic E-state index is 0.155. The highest BCUT2D eigenvalue weighted by Gasteiger charge is 2.27. The lowest BCUT2D eigenvalue weighted by molar-refractivity contribution is -0.137. The van der Waals surface area contributed by atoms with Crippen LogP contribution in [-0.2, 0) is 11.2 Å². The number of nitrogens with one attached hydrogen (secondary N) is 3. The van der Waals surface area contributed by atoms with Crippen LogP contribution in [0.2, 0.25) is 0 Å². The number of carbonyl (C=O) groups is 2. The fraction of sp³-hybridized carbons (Fsp3) is 0.500. The van der Waals surface area contributed by atoms with E-state index in [0.717, 1.165) is 5.56 Å². The van der Waals surface area contributed by atoms with Gasteiger partial charge in [0.15, 0.2) is 0 Å². The van der Waals surface area contributed by atoms with Crippen LogP contribution in [-0.4, -0.2) is 37.2 Å². The average Bonchev–Trinajstić information content (AvgIpc) is 2.85. The van der Waals surface area contributed by atoms with Gasteiger partial charge in [0.1, 0.15) is 6.54 Å². The molecule has 1 aromatic rings. The molecule has 0 aliphatic heterocycles. The number of thiophene rings is 1. The Hall–Kier alpha value is -1.77. The number of hydrogen-bond acceptors (Lipinski definition) is 3. The molecule has 9 heteroatoms. The molecule has 3 amide bonds. The maximum Gasteiger partial charge on any atom is 0.405 e. The zero-order chi connectivity index (χ0) is 15.9. The molecule has 21 heavy (non-hydrogen) atoms. The lowest BCUT2D eigenvalue weighted by Crippen LogP contribution is -2.46. The highest BCUT2D eigenvalue weighted by atomic mass is 32.1. The van der Waals surface area contributed by atoms with Gasteiger partial charge in [-0.3, -0.25) is 4.79 Å². The van der Waals surface area contributed by atoms with E-state index in [4.69, 9.17) is 0 Å². The van der Waals surface area contributed by atoms with Gasteiger partial charge >= 0.3 is 12.2 Å². The van der Waals surface area contributed by atoms with E-state index in [1.54, 1.807) is 23.6 Å². The summed E-state index contributed by atoms with van der Waals surface area (Å²) in [5.74, 6) is -0.895. The molecule has 1 unspecified atom stereocenters. The smallest absolute Gasteiger partial charge is 0.345 e. The van der Waals surface area contributed by atoms with Gasteiger partial charge in [-0.1, -0.05) is 0 Å². The quantitative estimate of drug-likeness (QED) is 0.745. The van der Waals surface area contributed by atoms with Crippen molar-refractivity contribution >= 4 is 23.3 Å². The molecular weight excluding hydrogens is 307 g/mol. The average molecular weight is 323 g/mol. The van der Waals surface area contributed by atoms with Gasteiger partial charge < -0.3 is 16.0 Å². The Morgan fingerprint density at radius 3 is 2.62 bits per heavy atom. The van der Waals surface area contributed by atoms with E-state index in [-0.39, 0.29) is 6.04 Å². The summed E-state index contributed by atoms with van der Waals surface area (Å²) in [7, 11) is 0. The highest BCUT2D eigenvalue weighted by Crippen LogP contribution is 2.11. The fourth-order valence-corrected chi connectivity index (χ4v) is 2.19. The molecule has 1 aromatic heterocycles. The maximum atomic E-state index is 11.9. The first-order chi connectivity index (χ1) is 9.76. The van der Waals surface area contributed by atoms with Crippen LogP contribution in [0.25, 0.3) is 0 Å². The van der Waals surface area contributed by atoms with Gasteiger partial charge in [0.25, 0.3) is 0 Å². The van der Waals surface area contributed by atoms with Crippen LogP contribution in [0.15, 0.2) is 16.8 Å². The molecule has 5 nitrogen and oxygen atoms in total. The third-order valence-corrected chi connectivity index (χ3v) is 3.13. The molecule has 0 radical (unpaired) electrons. The summed E-state index contributed by atoms with van der Waals surface area (Å²) >= 11 is 1.55. The lowest BCUT2D eigenvalue weighted by atomic mass is 10.1. The first-order valence-corrected chi connectivity index (χ1v) is 7.09. The zero-order valence-electron chi connectivity index (χ0n) is 11.3. The Kier molecular flexibility index (Phi) is 6.47. The van der Waals surface area contributed by atoms with Crippen molar-refractivity contribution in [2.24, 2.45) is 0 Å². The summed E-state index contributed by atoms with van der Waals surface area (Å²) in [4.78, 5) is 22.5. The van der Waals surface area contributed by atoms with E-state index in [2.05, 4.69) is 10.6 Å². The number of carbonyl (C=O) groups excluding carboxylic acids is 2. The Morgan fingerprint density at radius 2 is 2.05 bits per heavy atom. The van der Waals surface area contributed by atoms with Crippen molar-refractivity contribution in [1.82, 2.24) is 16.0 Å². The summed E-state index contributed by atoms with van der Waals surface area (Å²) in [5.41, 5.74) is 1.08. The molecule has 1 atom stereocenters. The van der Waals surface area contributed by atoms with E-state index in [9.17, 15) is 22.8 Å². The third-order valence-electron chi connectivity index (χ3n) is 2.39. The van der Waals surface area contributed by atoms with Gasteiger partial charge in [0.05, 0.1) is 6.54 Å². The fourth-order valence-electron chi connectivity index (χ4n) is 1.51. The van der Waals surface area contributed by atoms with Crippen LogP contribution < -0.4 is 16.0 Å².